The third-order valence-corrected chi connectivity index (χ3v) is 3.63. The highest BCUT2D eigenvalue weighted by Crippen LogP contribution is 2.14. The first-order valence-electron chi connectivity index (χ1n) is 6.00. The number of aromatic nitrogens is 2. The maximum absolute atomic E-state index is 5.80. The van der Waals surface area contributed by atoms with Gasteiger partial charge in [-0.25, -0.2) is 4.98 Å². The monoisotopic (exact) mass is 262 g/mol. The molecule has 0 aliphatic heterocycles. The molecule has 4 nitrogen and oxygen atoms in total. The van der Waals surface area contributed by atoms with Gasteiger partial charge in [-0.15, -0.1) is 0 Å². The molecule has 5 heteroatoms. The molecule has 0 fully saturated rings. The first-order chi connectivity index (χ1) is 8.69. The summed E-state index contributed by atoms with van der Waals surface area (Å²) in [5.74, 6) is 0.869. The smallest absolute Gasteiger partial charge is 0.146 e. The van der Waals surface area contributed by atoms with E-state index in [0.717, 1.165) is 17.3 Å². The van der Waals surface area contributed by atoms with E-state index in [1.165, 1.54) is 22.7 Å². The zero-order chi connectivity index (χ0) is 13.0. The van der Waals surface area contributed by atoms with Crippen molar-refractivity contribution >= 4 is 11.5 Å². The van der Waals surface area contributed by atoms with Crippen molar-refractivity contribution < 1.29 is 0 Å². The highest BCUT2D eigenvalue weighted by Gasteiger charge is 2.09. The predicted octanol–water partition coefficient (Wildman–Crippen LogP) is 1.27. The quantitative estimate of drug-likeness (QED) is 0.850. The van der Waals surface area contributed by atoms with Gasteiger partial charge in [0.05, 0.1) is 0 Å². The largest absolute Gasteiger partial charge is 0.329 e. The lowest BCUT2D eigenvalue weighted by Gasteiger charge is -2.04. The highest BCUT2D eigenvalue weighted by molar-refractivity contribution is 7.05. The van der Waals surface area contributed by atoms with Gasteiger partial charge in [0.1, 0.15) is 10.8 Å². The molecule has 0 saturated carbocycles. The van der Waals surface area contributed by atoms with Crippen LogP contribution in [0.4, 0.5) is 0 Å². The van der Waals surface area contributed by atoms with Gasteiger partial charge in [0.25, 0.3) is 0 Å². The number of nitrogens with zero attached hydrogens (tertiary/aromatic N) is 2. The van der Waals surface area contributed by atoms with Crippen LogP contribution in [0.25, 0.3) is 0 Å². The van der Waals surface area contributed by atoms with Crippen molar-refractivity contribution in [3.63, 3.8) is 0 Å². The van der Waals surface area contributed by atoms with Crippen molar-refractivity contribution in [3.05, 3.63) is 46.2 Å². The molecule has 0 spiro atoms. The Labute approximate surface area is 111 Å². The Bertz CT molecular complexity index is 509. The molecule has 0 bridgehead atoms. The van der Waals surface area contributed by atoms with Crippen LogP contribution < -0.4 is 11.5 Å². The molecule has 1 heterocycles. The fourth-order valence-electron chi connectivity index (χ4n) is 1.73. The number of hydrogen-bond donors (Lipinski definition) is 2. The summed E-state index contributed by atoms with van der Waals surface area (Å²) in [4.78, 5) is 4.51. The lowest BCUT2D eigenvalue weighted by molar-refractivity contribution is 0.674. The summed E-state index contributed by atoms with van der Waals surface area (Å²) in [5.41, 5.74) is 13.8. The molecule has 0 radical (unpaired) electrons. The number of aryl methyl sites for hydroxylation is 1. The summed E-state index contributed by atoms with van der Waals surface area (Å²) < 4.78 is 4.37. The van der Waals surface area contributed by atoms with Gasteiger partial charge in [-0.05, 0) is 29.6 Å². The van der Waals surface area contributed by atoms with Crippen LogP contribution in [-0.4, -0.2) is 21.9 Å². The van der Waals surface area contributed by atoms with Gasteiger partial charge in [0.2, 0.25) is 0 Å². The fraction of sp³-hybridized carbons (Fsp3) is 0.385. The predicted molar refractivity (Wildman–Crippen MR) is 74.6 cm³/mol. The summed E-state index contributed by atoms with van der Waals surface area (Å²) in [6, 6.07) is 8.28. The van der Waals surface area contributed by atoms with Gasteiger partial charge in [-0.1, -0.05) is 24.3 Å². The Kier molecular flexibility index (Phi) is 4.41. The fourth-order valence-corrected chi connectivity index (χ4v) is 2.48. The maximum atomic E-state index is 5.80. The molecule has 0 aliphatic carbocycles. The zero-order valence-corrected chi connectivity index (χ0v) is 11.3. The van der Waals surface area contributed by atoms with Gasteiger partial charge in [-0.3, -0.25) is 0 Å². The third kappa shape index (κ3) is 3.35. The van der Waals surface area contributed by atoms with E-state index in [1.807, 2.05) is 12.1 Å². The lowest BCUT2D eigenvalue weighted by atomic mass is 10.1. The van der Waals surface area contributed by atoms with Crippen LogP contribution in [0.1, 0.15) is 22.0 Å². The Morgan fingerprint density at radius 3 is 2.83 bits per heavy atom. The van der Waals surface area contributed by atoms with E-state index in [2.05, 4.69) is 28.4 Å². The molecule has 0 saturated heterocycles. The summed E-state index contributed by atoms with van der Waals surface area (Å²) in [6.45, 7) is 2.58. The first-order valence-corrected chi connectivity index (χ1v) is 6.78. The van der Waals surface area contributed by atoms with Crippen molar-refractivity contribution in [2.75, 3.05) is 6.54 Å². The van der Waals surface area contributed by atoms with Crippen LogP contribution in [-0.2, 0) is 12.8 Å². The normalized spacial score (nSPS) is 12.6. The molecule has 4 N–H and O–H groups in total. The summed E-state index contributed by atoms with van der Waals surface area (Å²) >= 11 is 1.42. The molecule has 0 aliphatic rings. The van der Waals surface area contributed by atoms with Gasteiger partial charge in [0, 0.05) is 25.4 Å². The van der Waals surface area contributed by atoms with E-state index in [9.17, 15) is 0 Å². The van der Waals surface area contributed by atoms with Crippen LogP contribution in [0.5, 0.6) is 0 Å². The second kappa shape index (κ2) is 6.04. The van der Waals surface area contributed by atoms with Crippen LogP contribution >= 0.6 is 11.5 Å². The van der Waals surface area contributed by atoms with Crippen molar-refractivity contribution in [1.29, 1.82) is 0 Å². The SMILES string of the molecule is Cc1ccccc1Cc1nsc(CC(N)CN)n1. The summed E-state index contributed by atoms with van der Waals surface area (Å²) in [6.07, 6.45) is 1.49. The van der Waals surface area contributed by atoms with Gasteiger partial charge >= 0.3 is 0 Å². The minimum atomic E-state index is -0.0238. The van der Waals surface area contributed by atoms with Crippen LogP contribution in [0.3, 0.4) is 0 Å². The van der Waals surface area contributed by atoms with Gasteiger partial charge in [0.15, 0.2) is 0 Å². The third-order valence-electron chi connectivity index (χ3n) is 2.86. The van der Waals surface area contributed by atoms with Gasteiger partial charge in [-0.2, -0.15) is 4.37 Å². The second-order valence-electron chi connectivity index (χ2n) is 4.41. The standard InChI is InChI=1S/C13H18N4S/c1-9-4-2-3-5-10(9)6-12-16-13(18-17-12)7-11(15)8-14/h2-5,11H,6-8,14-15H2,1H3. The molecule has 1 unspecified atom stereocenters. The molecule has 96 valence electrons. The van der Waals surface area contributed by atoms with E-state index in [1.54, 1.807) is 0 Å². The number of benzene rings is 1. The van der Waals surface area contributed by atoms with E-state index in [-0.39, 0.29) is 6.04 Å². The second-order valence-corrected chi connectivity index (χ2v) is 5.24. The average Bonchev–Trinajstić information content (AvgIpc) is 2.79. The van der Waals surface area contributed by atoms with E-state index in [4.69, 9.17) is 11.5 Å². The zero-order valence-electron chi connectivity index (χ0n) is 10.5. The summed E-state index contributed by atoms with van der Waals surface area (Å²) in [7, 11) is 0. The Morgan fingerprint density at radius 2 is 2.11 bits per heavy atom. The van der Waals surface area contributed by atoms with Crippen LogP contribution in [0.2, 0.25) is 0 Å². The number of rotatable bonds is 5. The van der Waals surface area contributed by atoms with Crippen molar-refractivity contribution in [2.45, 2.75) is 25.8 Å². The van der Waals surface area contributed by atoms with Crippen molar-refractivity contribution in [3.8, 4) is 0 Å². The minimum Gasteiger partial charge on any atom is -0.329 e. The van der Waals surface area contributed by atoms with E-state index >= 15 is 0 Å². The number of hydrogen-bond acceptors (Lipinski definition) is 5. The Morgan fingerprint density at radius 1 is 1.33 bits per heavy atom. The molecule has 18 heavy (non-hydrogen) atoms. The lowest BCUT2D eigenvalue weighted by Crippen LogP contribution is -2.31. The average molecular weight is 262 g/mol. The first kappa shape index (κ1) is 13.1. The van der Waals surface area contributed by atoms with Crippen molar-refractivity contribution in [2.24, 2.45) is 11.5 Å². The van der Waals surface area contributed by atoms with Gasteiger partial charge < -0.3 is 11.5 Å². The molecule has 0 amide bonds. The topological polar surface area (TPSA) is 77.8 Å². The van der Waals surface area contributed by atoms with Crippen molar-refractivity contribution in [1.82, 2.24) is 9.36 Å². The molecular weight excluding hydrogens is 244 g/mol. The number of nitrogens with two attached hydrogens (primary N) is 2. The Balaban J connectivity index is 2.05. The molecule has 1 aromatic carbocycles. The van der Waals surface area contributed by atoms with E-state index in [0.29, 0.717) is 13.0 Å². The highest BCUT2D eigenvalue weighted by atomic mass is 32.1. The molecule has 2 aromatic rings. The molecule has 1 aromatic heterocycles. The minimum absolute atomic E-state index is 0.0238. The molecular formula is C13H18N4S. The molecule has 2 rings (SSSR count). The van der Waals surface area contributed by atoms with Crippen LogP contribution in [0, 0.1) is 6.92 Å². The molecule has 1 atom stereocenters. The van der Waals surface area contributed by atoms with E-state index < -0.39 is 0 Å². The summed E-state index contributed by atoms with van der Waals surface area (Å²) in [5, 5.41) is 0.969. The maximum Gasteiger partial charge on any atom is 0.146 e. The van der Waals surface area contributed by atoms with Crippen LogP contribution in [0.15, 0.2) is 24.3 Å². The Hall–Kier alpha value is -1.30.